The third kappa shape index (κ3) is 83.8. The van der Waals surface area contributed by atoms with Crippen LogP contribution in [0.25, 0.3) is 0 Å². The van der Waals surface area contributed by atoms with Crippen molar-refractivity contribution in [2.75, 3.05) is 39.6 Å². The Balaban J connectivity index is 5.24. The summed E-state index contributed by atoms with van der Waals surface area (Å²) in [4.78, 5) is 73.4. The number of hydrogen-bond acceptors (Lipinski definition) is 15. The van der Waals surface area contributed by atoms with Crippen molar-refractivity contribution in [2.45, 2.75) is 515 Å². The molecule has 0 amide bonds. The molecule has 0 fully saturated rings. The van der Waals surface area contributed by atoms with Crippen molar-refractivity contribution in [2.24, 2.45) is 0 Å². The van der Waals surface area contributed by atoms with Crippen molar-refractivity contribution < 1.29 is 80.2 Å². The molecule has 0 saturated heterocycles. The smallest absolute Gasteiger partial charge is 0.462 e. The molecule has 19 heteroatoms. The maximum absolute atomic E-state index is 13.2. The third-order valence-electron chi connectivity index (χ3n) is 21.4. The predicted molar refractivity (Wildman–Crippen MR) is 451 cm³/mol. The highest BCUT2D eigenvalue weighted by atomic mass is 31.2. The molecular weight excluding hydrogens is 1410 g/mol. The molecule has 0 aromatic rings. The molecule has 0 aliphatic heterocycles. The Morgan fingerprint density at radius 3 is 0.541 bits per heavy atom. The fourth-order valence-corrected chi connectivity index (χ4v) is 15.8. The summed E-state index contributed by atoms with van der Waals surface area (Å²) >= 11 is 0. The van der Waals surface area contributed by atoms with E-state index in [1.54, 1.807) is 0 Å². The van der Waals surface area contributed by atoms with Crippen LogP contribution in [0.15, 0.2) is 0 Å². The predicted octanol–water partition coefficient (Wildman–Crippen LogP) is 28.1. The fourth-order valence-electron chi connectivity index (χ4n) is 14.2. The molecule has 0 heterocycles. The van der Waals surface area contributed by atoms with Gasteiger partial charge in [-0.15, -0.1) is 0 Å². The number of unbranched alkanes of at least 4 members (excludes halogenated alkanes) is 65. The number of aliphatic hydroxyl groups is 1. The number of carbonyl (C=O) groups excluding carboxylic acids is 4. The van der Waals surface area contributed by atoms with Crippen LogP contribution in [0.2, 0.25) is 0 Å². The van der Waals surface area contributed by atoms with Gasteiger partial charge in [0.25, 0.3) is 0 Å². The molecule has 17 nitrogen and oxygen atoms in total. The lowest BCUT2D eigenvalue weighted by Crippen LogP contribution is -2.30. The number of hydrogen-bond donors (Lipinski definition) is 3. The zero-order valence-electron chi connectivity index (χ0n) is 71.5. The van der Waals surface area contributed by atoms with Crippen molar-refractivity contribution in [1.82, 2.24) is 0 Å². The molecule has 648 valence electrons. The van der Waals surface area contributed by atoms with Crippen molar-refractivity contribution in [1.29, 1.82) is 0 Å². The summed E-state index contributed by atoms with van der Waals surface area (Å²) < 4.78 is 69.1. The molecule has 3 N–H and O–H groups in total. The summed E-state index contributed by atoms with van der Waals surface area (Å²) in [5.41, 5.74) is 0. The summed E-state index contributed by atoms with van der Waals surface area (Å²) in [5.74, 6) is -2.09. The van der Waals surface area contributed by atoms with Crippen LogP contribution in [0.1, 0.15) is 496 Å². The number of carbonyl (C=O) groups is 4. The van der Waals surface area contributed by atoms with Crippen LogP contribution in [0.4, 0.5) is 0 Å². The largest absolute Gasteiger partial charge is 0.472 e. The number of rotatable bonds is 91. The van der Waals surface area contributed by atoms with Gasteiger partial charge in [0.1, 0.15) is 19.3 Å². The molecule has 3 unspecified atom stereocenters. The first-order valence-electron chi connectivity index (χ1n) is 46.8. The van der Waals surface area contributed by atoms with Crippen molar-refractivity contribution in [3.63, 3.8) is 0 Å². The van der Waals surface area contributed by atoms with E-state index in [0.717, 1.165) is 89.9 Å². The molecule has 109 heavy (non-hydrogen) atoms. The van der Waals surface area contributed by atoms with E-state index in [-0.39, 0.29) is 25.7 Å². The SMILES string of the molecule is CCCCCCCCCCCCCCCCCCCCCC(=O)OC[C@H](COP(=O)(O)OCC(O)COP(=O)(O)OC[C@@H](COC(=O)CCCCCCCCCCCCCC)OC(=O)CCCCCCCCCCCCCCCCCCCCC)OC(=O)CCCCCCCCCCCCCCCCCCCCC. The van der Waals surface area contributed by atoms with Crippen LogP contribution in [-0.2, 0) is 65.4 Å². The first kappa shape index (κ1) is 107. The lowest BCUT2D eigenvalue weighted by atomic mass is 10.0. The van der Waals surface area contributed by atoms with E-state index in [0.29, 0.717) is 25.7 Å². The number of phosphoric acid groups is 2. The normalized spacial score (nSPS) is 13.6. The van der Waals surface area contributed by atoms with Gasteiger partial charge in [-0.25, -0.2) is 9.13 Å². The summed E-state index contributed by atoms with van der Waals surface area (Å²) in [6.45, 7) is 5.09. The number of aliphatic hydroxyl groups excluding tert-OH is 1. The van der Waals surface area contributed by atoms with E-state index < -0.39 is 97.5 Å². The Morgan fingerprint density at radius 2 is 0.367 bits per heavy atom. The second-order valence-corrected chi connectivity index (χ2v) is 35.3. The highest BCUT2D eigenvalue weighted by Gasteiger charge is 2.30. The monoisotopic (exact) mass is 1590 g/mol. The molecule has 0 radical (unpaired) electrons. The minimum atomic E-state index is -4.97. The van der Waals surface area contributed by atoms with Gasteiger partial charge in [0.2, 0.25) is 0 Å². The molecule has 0 aliphatic rings. The summed E-state index contributed by atoms with van der Waals surface area (Å²) in [6.07, 6.45) is 80.5. The number of esters is 4. The maximum Gasteiger partial charge on any atom is 0.472 e. The number of ether oxygens (including phenoxy) is 4. The van der Waals surface area contributed by atoms with Gasteiger partial charge in [0.05, 0.1) is 26.4 Å². The van der Waals surface area contributed by atoms with E-state index in [9.17, 15) is 43.2 Å². The van der Waals surface area contributed by atoms with Crippen LogP contribution in [0.5, 0.6) is 0 Å². The van der Waals surface area contributed by atoms with Crippen molar-refractivity contribution >= 4 is 39.5 Å². The third-order valence-corrected chi connectivity index (χ3v) is 23.3. The second-order valence-electron chi connectivity index (χ2n) is 32.3. The standard InChI is InChI=1S/C90H176O17P2/c1-5-9-13-17-21-25-29-33-36-39-42-45-48-51-55-59-63-67-71-75-88(93)101-81-86(107-90(95)77-73-69-65-61-57-53-50-47-44-41-38-35-31-27-23-19-15-11-7-3)83-105-109(98,99)103-79-84(91)78-102-108(96,97)104-82-85(80-100-87(92)74-70-66-62-58-54-32-28-24-20-16-12-8-4)106-89(94)76-72-68-64-60-56-52-49-46-43-40-37-34-30-26-22-18-14-10-6-2/h84-86,91H,5-83H2,1-4H3,(H,96,97)(H,98,99)/t84?,85-,86-/m1/s1. The number of phosphoric ester groups is 2. The molecule has 0 rings (SSSR count). The first-order chi connectivity index (χ1) is 53.2. The van der Waals surface area contributed by atoms with Gasteiger partial charge >= 0.3 is 39.5 Å². The molecule has 0 aromatic heterocycles. The van der Waals surface area contributed by atoms with Crippen LogP contribution >= 0.6 is 15.6 Å². The quantitative estimate of drug-likeness (QED) is 0.0222. The Labute approximate surface area is 670 Å². The Hall–Kier alpha value is -1.94. The van der Waals surface area contributed by atoms with Crippen LogP contribution < -0.4 is 0 Å². The molecule has 0 spiro atoms. The minimum Gasteiger partial charge on any atom is -0.462 e. The van der Waals surface area contributed by atoms with Gasteiger partial charge in [0.15, 0.2) is 12.2 Å². The molecule has 0 saturated carbocycles. The van der Waals surface area contributed by atoms with Crippen molar-refractivity contribution in [3.05, 3.63) is 0 Å². The molecule has 5 atom stereocenters. The lowest BCUT2D eigenvalue weighted by Gasteiger charge is -2.21. The van der Waals surface area contributed by atoms with Crippen molar-refractivity contribution in [3.8, 4) is 0 Å². The molecule has 0 bridgehead atoms. The van der Waals surface area contributed by atoms with Gasteiger partial charge < -0.3 is 33.8 Å². The van der Waals surface area contributed by atoms with Crippen LogP contribution in [0.3, 0.4) is 0 Å². The lowest BCUT2D eigenvalue weighted by molar-refractivity contribution is -0.161. The van der Waals surface area contributed by atoms with E-state index >= 15 is 0 Å². The topological polar surface area (TPSA) is 237 Å². The fraction of sp³-hybridized carbons (Fsp3) is 0.956. The Kier molecular flexibility index (Phi) is 82.5. The summed E-state index contributed by atoms with van der Waals surface area (Å²) in [6, 6.07) is 0. The average Bonchev–Trinajstić information content (AvgIpc) is 0.901. The molecular formula is C90H176O17P2. The van der Waals surface area contributed by atoms with E-state index in [2.05, 4.69) is 27.7 Å². The molecule has 0 aliphatic carbocycles. The van der Waals surface area contributed by atoms with Crippen LogP contribution in [0, 0.1) is 0 Å². The zero-order valence-corrected chi connectivity index (χ0v) is 73.3. The first-order valence-corrected chi connectivity index (χ1v) is 49.8. The van der Waals surface area contributed by atoms with Crippen LogP contribution in [-0.4, -0.2) is 96.7 Å². The Bertz CT molecular complexity index is 2050. The van der Waals surface area contributed by atoms with Gasteiger partial charge in [-0.1, -0.05) is 445 Å². The Morgan fingerprint density at radius 1 is 0.220 bits per heavy atom. The second kappa shape index (κ2) is 84.0. The summed E-state index contributed by atoms with van der Waals surface area (Å²) in [5, 5.41) is 10.7. The van der Waals surface area contributed by atoms with E-state index in [1.807, 2.05) is 0 Å². The maximum atomic E-state index is 13.2. The minimum absolute atomic E-state index is 0.110. The van der Waals surface area contributed by atoms with Gasteiger partial charge in [0, 0.05) is 25.7 Å². The average molecular weight is 1590 g/mol. The molecule has 0 aromatic carbocycles. The van der Waals surface area contributed by atoms with Gasteiger partial charge in [-0.3, -0.25) is 37.3 Å². The van der Waals surface area contributed by atoms with E-state index in [4.69, 9.17) is 37.0 Å². The highest BCUT2D eigenvalue weighted by Crippen LogP contribution is 2.45. The van der Waals surface area contributed by atoms with E-state index in [1.165, 1.54) is 327 Å². The van der Waals surface area contributed by atoms with Gasteiger partial charge in [-0.05, 0) is 25.7 Å². The zero-order chi connectivity index (χ0) is 79.6. The van der Waals surface area contributed by atoms with Gasteiger partial charge in [-0.2, -0.15) is 0 Å². The summed E-state index contributed by atoms with van der Waals surface area (Å²) in [7, 11) is -9.93. The highest BCUT2D eigenvalue weighted by molar-refractivity contribution is 7.47.